The second kappa shape index (κ2) is 15.9. The van der Waals surface area contributed by atoms with E-state index in [1.54, 1.807) is 30.3 Å². The van der Waals surface area contributed by atoms with E-state index in [2.05, 4.69) is 17.7 Å². The second-order valence-electron chi connectivity index (χ2n) is 9.26. The van der Waals surface area contributed by atoms with Crippen LogP contribution in [0.2, 0.25) is 0 Å². The Morgan fingerprint density at radius 3 is 2.19 bits per heavy atom. The molecular weight excluding hydrogens is 470 g/mol. The first kappa shape index (κ1) is 28.5. The number of anilines is 1. The number of nitrogens with zero attached hydrogens (tertiary/aromatic N) is 1. The summed E-state index contributed by atoms with van der Waals surface area (Å²) in [6.07, 6.45) is 10.1. The van der Waals surface area contributed by atoms with Crippen molar-refractivity contribution in [2.75, 3.05) is 45.3 Å². The molecule has 0 aliphatic carbocycles. The number of morpholine rings is 1. The van der Waals surface area contributed by atoms with E-state index in [1.807, 2.05) is 17.1 Å². The van der Waals surface area contributed by atoms with Crippen LogP contribution in [-0.4, -0.2) is 56.8 Å². The van der Waals surface area contributed by atoms with E-state index in [9.17, 15) is 9.59 Å². The number of carbonyl (C=O) groups is 2. The number of hydrazine groups is 1. The molecule has 1 saturated heterocycles. The van der Waals surface area contributed by atoms with Crippen molar-refractivity contribution < 1.29 is 23.8 Å². The van der Waals surface area contributed by atoms with Crippen LogP contribution in [0.1, 0.15) is 79.0 Å². The molecule has 0 aromatic heterocycles. The summed E-state index contributed by atoms with van der Waals surface area (Å²) in [5.74, 6) is 0.678. The predicted molar refractivity (Wildman–Crippen MR) is 145 cm³/mol. The highest BCUT2D eigenvalue weighted by atomic mass is 16.5. The molecule has 202 valence electrons. The number of hydrogen-bond acceptors (Lipinski definition) is 6. The molecule has 0 unspecified atom stereocenters. The third-order valence-electron chi connectivity index (χ3n) is 6.36. The highest BCUT2D eigenvalue weighted by Crippen LogP contribution is 2.26. The van der Waals surface area contributed by atoms with E-state index in [0.29, 0.717) is 55.5 Å². The van der Waals surface area contributed by atoms with Gasteiger partial charge in [0.25, 0.3) is 11.8 Å². The topological polar surface area (TPSA) is 89.1 Å². The molecule has 1 heterocycles. The molecule has 8 heteroatoms. The summed E-state index contributed by atoms with van der Waals surface area (Å²) in [5, 5.41) is 4.69. The molecule has 0 saturated carbocycles. The maximum Gasteiger partial charge on any atom is 0.265 e. The smallest absolute Gasteiger partial charge is 0.265 e. The maximum absolute atomic E-state index is 12.9. The zero-order chi connectivity index (χ0) is 26.3. The molecule has 0 atom stereocenters. The molecule has 2 aromatic carbocycles. The Kier molecular flexibility index (Phi) is 12.2. The Morgan fingerprint density at radius 1 is 0.865 bits per heavy atom. The number of methoxy groups -OCH3 is 1. The van der Waals surface area contributed by atoms with Crippen molar-refractivity contribution in [2.24, 2.45) is 0 Å². The van der Waals surface area contributed by atoms with Crippen molar-refractivity contribution in [3.63, 3.8) is 0 Å². The van der Waals surface area contributed by atoms with Crippen molar-refractivity contribution in [3.05, 3.63) is 53.6 Å². The Labute approximate surface area is 220 Å². The summed E-state index contributed by atoms with van der Waals surface area (Å²) in [6, 6.07) is 12.1. The van der Waals surface area contributed by atoms with Crippen LogP contribution >= 0.6 is 0 Å². The molecule has 2 amide bonds. The minimum atomic E-state index is -0.293. The number of benzene rings is 2. The number of nitrogens with one attached hydrogen (secondary N) is 2. The van der Waals surface area contributed by atoms with Gasteiger partial charge in [0, 0.05) is 24.2 Å². The highest BCUT2D eigenvalue weighted by Gasteiger charge is 2.17. The lowest BCUT2D eigenvalue weighted by molar-refractivity contribution is 0.0126. The monoisotopic (exact) mass is 511 g/mol. The summed E-state index contributed by atoms with van der Waals surface area (Å²) in [5.41, 5.74) is 4.22. The highest BCUT2D eigenvalue weighted by molar-refractivity contribution is 6.06. The van der Waals surface area contributed by atoms with Crippen molar-refractivity contribution in [1.29, 1.82) is 0 Å². The van der Waals surface area contributed by atoms with Crippen LogP contribution in [-0.2, 0) is 4.74 Å². The van der Waals surface area contributed by atoms with Gasteiger partial charge in [0.05, 0.1) is 32.6 Å². The minimum Gasteiger partial charge on any atom is -0.495 e. The summed E-state index contributed by atoms with van der Waals surface area (Å²) in [4.78, 5) is 25.6. The van der Waals surface area contributed by atoms with Crippen molar-refractivity contribution in [2.45, 2.75) is 58.3 Å². The standard InChI is InChI=1S/C29H41N3O5/c1-3-4-5-6-7-8-9-10-19-37-25-14-11-23(12-15-25)28(33)30-26-22-24(13-16-27(26)35-2)29(34)31-32-17-20-36-21-18-32/h11-16,22H,3-10,17-21H2,1-2H3,(H,30,33)(H,31,34). The van der Waals surface area contributed by atoms with Gasteiger partial charge >= 0.3 is 0 Å². The number of carbonyl (C=O) groups excluding carboxylic acids is 2. The van der Waals surface area contributed by atoms with Gasteiger partial charge in [-0.2, -0.15) is 0 Å². The largest absolute Gasteiger partial charge is 0.495 e. The van der Waals surface area contributed by atoms with E-state index in [1.165, 1.54) is 52.1 Å². The molecule has 3 rings (SSSR count). The van der Waals surface area contributed by atoms with Crippen LogP contribution in [0.4, 0.5) is 5.69 Å². The fourth-order valence-corrected chi connectivity index (χ4v) is 4.15. The van der Waals surface area contributed by atoms with Gasteiger partial charge in [0.1, 0.15) is 11.5 Å². The zero-order valence-corrected chi connectivity index (χ0v) is 22.2. The van der Waals surface area contributed by atoms with E-state index in [-0.39, 0.29) is 11.8 Å². The molecule has 1 aliphatic heterocycles. The first-order chi connectivity index (χ1) is 18.1. The fraction of sp³-hybridized carbons (Fsp3) is 0.517. The molecule has 0 spiro atoms. The third-order valence-corrected chi connectivity index (χ3v) is 6.36. The summed E-state index contributed by atoms with van der Waals surface area (Å²) >= 11 is 0. The normalized spacial score (nSPS) is 13.7. The number of amides is 2. The van der Waals surface area contributed by atoms with E-state index in [0.717, 1.165) is 12.2 Å². The number of rotatable bonds is 15. The van der Waals surface area contributed by atoms with E-state index < -0.39 is 0 Å². The lowest BCUT2D eigenvalue weighted by Gasteiger charge is -2.27. The molecule has 8 nitrogen and oxygen atoms in total. The summed E-state index contributed by atoms with van der Waals surface area (Å²) in [7, 11) is 1.52. The Bertz CT molecular complexity index is 974. The lowest BCUT2D eigenvalue weighted by Crippen LogP contribution is -2.48. The third kappa shape index (κ3) is 9.70. The number of unbranched alkanes of at least 4 members (excludes halogenated alkanes) is 7. The molecule has 2 N–H and O–H groups in total. The second-order valence-corrected chi connectivity index (χ2v) is 9.26. The Hall–Kier alpha value is -3.10. The number of hydrogen-bond donors (Lipinski definition) is 2. The van der Waals surface area contributed by atoms with Crippen molar-refractivity contribution in [1.82, 2.24) is 10.4 Å². The van der Waals surface area contributed by atoms with Gasteiger partial charge in [0.2, 0.25) is 0 Å². The summed E-state index contributed by atoms with van der Waals surface area (Å²) in [6.45, 7) is 5.33. The molecular formula is C29H41N3O5. The van der Waals surface area contributed by atoms with Gasteiger partial charge in [0.15, 0.2) is 0 Å². The van der Waals surface area contributed by atoms with E-state index >= 15 is 0 Å². The summed E-state index contributed by atoms with van der Waals surface area (Å²) < 4.78 is 16.5. The van der Waals surface area contributed by atoms with Crippen LogP contribution in [0, 0.1) is 0 Å². The SMILES string of the molecule is CCCCCCCCCCOc1ccc(C(=O)Nc2cc(C(=O)NN3CCOCC3)ccc2OC)cc1. The van der Waals surface area contributed by atoms with Crippen molar-refractivity contribution in [3.8, 4) is 11.5 Å². The Balaban J connectivity index is 1.47. The van der Waals surface area contributed by atoms with Gasteiger partial charge < -0.3 is 19.5 Å². The maximum atomic E-state index is 12.9. The molecule has 1 fully saturated rings. The zero-order valence-electron chi connectivity index (χ0n) is 22.2. The van der Waals surface area contributed by atoms with Gasteiger partial charge in [-0.25, -0.2) is 5.01 Å². The molecule has 0 radical (unpaired) electrons. The lowest BCUT2D eigenvalue weighted by atomic mass is 10.1. The molecule has 0 bridgehead atoms. The van der Waals surface area contributed by atoms with Crippen LogP contribution in [0.3, 0.4) is 0 Å². The quantitative estimate of drug-likeness (QED) is 0.309. The first-order valence-electron chi connectivity index (χ1n) is 13.5. The average molecular weight is 512 g/mol. The van der Waals surface area contributed by atoms with Crippen LogP contribution in [0.5, 0.6) is 11.5 Å². The molecule has 2 aromatic rings. The first-order valence-corrected chi connectivity index (χ1v) is 13.5. The number of ether oxygens (including phenoxy) is 3. The van der Waals surface area contributed by atoms with Gasteiger partial charge in [-0.3, -0.25) is 15.0 Å². The molecule has 1 aliphatic rings. The van der Waals surface area contributed by atoms with Crippen LogP contribution < -0.4 is 20.2 Å². The van der Waals surface area contributed by atoms with Gasteiger partial charge in [-0.15, -0.1) is 0 Å². The van der Waals surface area contributed by atoms with Gasteiger partial charge in [-0.05, 0) is 48.9 Å². The Morgan fingerprint density at radius 2 is 1.51 bits per heavy atom. The van der Waals surface area contributed by atoms with Crippen LogP contribution in [0.15, 0.2) is 42.5 Å². The minimum absolute atomic E-state index is 0.252. The fourth-order valence-electron chi connectivity index (χ4n) is 4.15. The predicted octanol–water partition coefficient (Wildman–Crippen LogP) is 5.44. The van der Waals surface area contributed by atoms with Gasteiger partial charge in [-0.1, -0.05) is 51.9 Å². The van der Waals surface area contributed by atoms with E-state index in [4.69, 9.17) is 14.2 Å². The van der Waals surface area contributed by atoms with Crippen LogP contribution in [0.25, 0.3) is 0 Å². The average Bonchev–Trinajstić information content (AvgIpc) is 2.93. The van der Waals surface area contributed by atoms with Crippen molar-refractivity contribution >= 4 is 17.5 Å². The molecule has 37 heavy (non-hydrogen) atoms.